The molecule has 1 heterocycles. The van der Waals surface area contributed by atoms with Gasteiger partial charge in [0.2, 0.25) is 0 Å². The van der Waals surface area contributed by atoms with Crippen LogP contribution in [-0.4, -0.2) is 0 Å². The highest BCUT2D eigenvalue weighted by Crippen LogP contribution is 2.49. The Labute approximate surface area is 517 Å². The molecule has 0 N–H and O–H groups in total. The Balaban J connectivity index is 0.000000180. The molecule has 17 aromatic rings. The summed E-state index contributed by atoms with van der Waals surface area (Å²) in [6.45, 7) is 0. The van der Waals surface area contributed by atoms with Crippen LogP contribution in [0, 0.1) is 0 Å². The van der Waals surface area contributed by atoms with Crippen molar-refractivity contribution in [1.82, 2.24) is 0 Å². The van der Waals surface area contributed by atoms with Crippen molar-refractivity contribution in [2.75, 3.05) is 0 Å². The molecular formula is C82H52O. The molecule has 1 nitrogen and oxygen atoms in total. The lowest BCUT2D eigenvalue weighted by molar-refractivity contribution is 0.673. The molecule has 0 radical (unpaired) electrons. The Bertz CT molecular complexity index is 6850. The van der Waals surface area contributed by atoms with Gasteiger partial charge in [0.05, 0.1) is 35.6 Å². The Kier molecular flexibility index (Phi) is 6.89. The van der Waals surface area contributed by atoms with E-state index in [0.29, 0.717) is 0 Å². The first-order valence-corrected chi connectivity index (χ1v) is 26.5. The van der Waals surface area contributed by atoms with Crippen molar-refractivity contribution >= 4 is 97.3 Å². The summed E-state index contributed by atoms with van der Waals surface area (Å²) in [5.41, 5.74) is 4.55. The molecule has 0 aliphatic heterocycles. The quantitative estimate of drug-likeness (QED) is 0.151. The minimum atomic E-state index is -1.07. The van der Waals surface area contributed by atoms with Crippen LogP contribution in [0.4, 0.5) is 0 Å². The summed E-state index contributed by atoms with van der Waals surface area (Å²) in [5, 5.41) is 4.25. The molecule has 0 bridgehead atoms. The predicted octanol–water partition coefficient (Wildman–Crippen LogP) is 23.3. The molecule has 1 heteroatoms. The minimum absolute atomic E-state index is 0.554. The zero-order chi connectivity index (χ0) is 77.4. The van der Waals surface area contributed by atoms with Gasteiger partial charge < -0.3 is 4.42 Å². The van der Waals surface area contributed by atoms with Gasteiger partial charge in [0.15, 0.2) is 0 Å². The van der Waals surface area contributed by atoms with E-state index in [0.717, 1.165) is 27.3 Å². The van der Waals surface area contributed by atoms with Crippen molar-refractivity contribution < 1.29 is 40.1 Å². The maximum absolute atomic E-state index is 9.70. The Morgan fingerprint density at radius 2 is 0.759 bits per heavy atom. The molecule has 386 valence electrons. The van der Waals surface area contributed by atoms with Crippen LogP contribution in [0.15, 0.2) is 319 Å². The van der Waals surface area contributed by atoms with Gasteiger partial charge in [0.1, 0.15) is 11.2 Å². The fourth-order valence-electron chi connectivity index (χ4n) is 11.6. The van der Waals surface area contributed by atoms with Gasteiger partial charge in [-0.2, -0.15) is 0 Å². The van der Waals surface area contributed by atoms with Gasteiger partial charge >= 0.3 is 0 Å². The number of hydrogen-bond acceptors (Lipinski definition) is 1. The lowest BCUT2D eigenvalue weighted by Gasteiger charge is -2.19. The second kappa shape index (κ2) is 20.0. The Morgan fingerprint density at radius 3 is 1.49 bits per heavy atom. The first-order valence-electron chi connectivity index (χ1n) is 39.5. The van der Waals surface area contributed by atoms with E-state index in [1.165, 1.54) is 60.3 Å². The molecule has 0 amide bonds. The summed E-state index contributed by atoms with van der Waals surface area (Å²) >= 11 is 0. The van der Waals surface area contributed by atoms with E-state index in [1.54, 1.807) is 0 Å². The van der Waals surface area contributed by atoms with E-state index in [-0.39, 0.29) is 0 Å². The van der Waals surface area contributed by atoms with Crippen LogP contribution in [0.25, 0.3) is 164 Å². The maximum atomic E-state index is 9.70. The summed E-state index contributed by atoms with van der Waals surface area (Å²) in [6.07, 6.45) is 0. The van der Waals surface area contributed by atoms with Crippen LogP contribution in [0.1, 0.15) is 35.6 Å². The van der Waals surface area contributed by atoms with Crippen molar-refractivity contribution in [3.05, 3.63) is 315 Å². The molecule has 0 atom stereocenters. The monoisotopic (exact) mass is 1080 g/mol. The molecule has 0 saturated heterocycles. The van der Waals surface area contributed by atoms with E-state index in [4.69, 9.17) is 29.1 Å². The zero-order valence-electron chi connectivity index (χ0n) is 69.4. The molecule has 16 aromatic carbocycles. The molecule has 1 aromatic heterocycles. The lowest BCUT2D eigenvalue weighted by Crippen LogP contribution is -1.92. The SMILES string of the molecule is [2H]c1c([2H])c(-c2c([2H])c([2H])c3c([2H])c([2H])c([2H])c([2H])c3c2[2H])c([2H])c(-c2c3c([2H])c([2H])c([2H])c([2H])c3c(-c3c([2H])c([2H])c([2H])c4c([2H])c([2H])c([2H])c([2H])c34)c3c([2H])c([2H])c([2H])c([2H])c23)c1[2H].c1ccc(-c2cccc(-c3c4ccccc4c(-c4cccc5oc6c7ccccc7ccc6c45)c4ccccc34)c2)cc1. The second-order valence-corrected chi connectivity index (χ2v) is 19.7. The summed E-state index contributed by atoms with van der Waals surface area (Å²) < 4.78 is 238. The van der Waals surface area contributed by atoms with Crippen molar-refractivity contribution in [2.45, 2.75) is 0 Å². The molecule has 0 aliphatic carbocycles. The predicted molar refractivity (Wildman–Crippen MR) is 355 cm³/mol. The molecule has 0 saturated carbocycles. The van der Waals surface area contributed by atoms with Crippen LogP contribution < -0.4 is 0 Å². The van der Waals surface area contributed by atoms with Gasteiger partial charge in [0.25, 0.3) is 0 Å². The van der Waals surface area contributed by atoms with Gasteiger partial charge in [-0.3, -0.25) is 0 Å². The van der Waals surface area contributed by atoms with E-state index >= 15 is 0 Å². The van der Waals surface area contributed by atoms with Crippen molar-refractivity contribution in [3.63, 3.8) is 0 Å². The normalized spacial score (nSPS) is 16.0. The first kappa shape index (κ1) is 28.5. The lowest BCUT2D eigenvalue weighted by atomic mass is 9.84. The van der Waals surface area contributed by atoms with E-state index < -0.39 is 234 Å². The average Bonchev–Trinajstić information content (AvgIpc) is 1.11. The van der Waals surface area contributed by atoms with Gasteiger partial charge in [-0.15, -0.1) is 0 Å². The Hall–Kier alpha value is -10.9. The third-order valence-electron chi connectivity index (χ3n) is 15.2. The molecule has 0 fully saturated rings. The highest BCUT2D eigenvalue weighted by atomic mass is 16.3. The van der Waals surface area contributed by atoms with Crippen LogP contribution in [0.5, 0.6) is 0 Å². The van der Waals surface area contributed by atoms with Gasteiger partial charge in [-0.25, -0.2) is 0 Å². The van der Waals surface area contributed by atoms with E-state index in [1.807, 2.05) is 0 Å². The van der Waals surface area contributed by atoms with Crippen LogP contribution >= 0.6 is 0 Å². The zero-order valence-corrected chi connectivity index (χ0v) is 43.4. The molecule has 0 aliphatic rings. The highest BCUT2D eigenvalue weighted by molar-refractivity contribution is 6.28. The molecular weight excluding hydrogens is 1000 g/mol. The molecule has 83 heavy (non-hydrogen) atoms. The van der Waals surface area contributed by atoms with Crippen LogP contribution in [-0.2, 0) is 0 Å². The summed E-state index contributed by atoms with van der Waals surface area (Å²) in [4.78, 5) is 0. The number of fused-ring (bicyclic) bond motifs is 11. The molecule has 0 spiro atoms. The first-order chi connectivity index (χ1) is 52.0. The van der Waals surface area contributed by atoms with Gasteiger partial charge in [-0.05, 0) is 167 Å². The smallest absolute Gasteiger partial charge is 0.143 e. The van der Waals surface area contributed by atoms with Crippen molar-refractivity contribution in [2.24, 2.45) is 0 Å². The number of benzene rings is 16. The minimum Gasteiger partial charge on any atom is -0.455 e. The fourth-order valence-corrected chi connectivity index (χ4v) is 11.6. The van der Waals surface area contributed by atoms with Crippen molar-refractivity contribution in [3.8, 4) is 66.8 Å². The topological polar surface area (TPSA) is 13.1 Å². The van der Waals surface area contributed by atoms with E-state index in [9.17, 15) is 11.0 Å². The standard InChI is InChI=1S/C42H26O.C40H26/c1-2-12-27(13-3-1)29-15-10-16-30(26-29)39-32-18-6-8-20-34(32)40(35-21-9-7-19-33(35)39)36-22-11-23-38-41(36)37-25-24-28-14-4-5-17-31(28)42(37)43-38;1-2-13-29-25-31(24-23-27(29)11-1)30-15-9-16-32(26-30)39-35-18-5-7-20-37(35)40(38-21-8-6-19-36(38)39)34-22-10-14-28-12-3-4-17-33(28)34/h1-26H;1-26H/i;1D,2D,3D,4D,5D,6D,7D,8D,9D,10D,11D,12D,13D,14D,15D,16D,17D,18D,19D,20D,21D,22D,23D,24D,25D,26D. The number of furan rings is 1. The van der Waals surface area contributed by atoms with Gasteiger partial charge in [0, 0.05) is 16.2 Å². The molecule has 0 unspecified atom stereocenters. The largest absolute Gasteiger partial charge is 0.455 e. The number of hydrogen-bond donors (Lipinski definition) is 0. The summed E-state index contributed by atoms with van der Waals surface area (Å²) in [7, 11) is 0. The summed E-state index contributed by atoms with van der Waals surface area (Å²) in [5.74, 6) is 0. The molecule has 17 rings (SSSR count). The third kappa shape index (κ3) is 8.16. The van der Waals surface area contributed by atoms with Gasteiger partial charge in [-0.1, -0.05) is 285 Å². The average molecular weight is 1080 g/mol. The third-order valence-corrected chi connectivity index (χ3v) is 15.2. The Morgan fingerprint density at radius 1 is 0.241 bits per heavy atom. The van der Waals surface area contributed by atoms with E-state index in [2.05, 4.69) is 158 Å². The highest BCUT2D eigenvalue weighted by Gasteiger charge is 2.22. The van der Waals surface area contributed by atoms with Crippen LogP contribution in [0.3, 0.4) is 0 Å². The second-order valence-electron chi connectivity index (χ2n) is 19.7. The number of rotatable bonds is 6. The maximum Gasteiger partial charge on any atom is 0.143 e. The van der Waals surface area contributed by atoms with Crippen LogP contribution in [0.2, 0.25) is 0 Å². The van der Waals surface area contributed by atoms with Crippen molar-refractivity contribution in [1.29, 1.82) is 0 Å². The summed E-state index contributed by atoms with van der Waals surface area (Å²) in [6, 6.07) is 32.4. The fraction of sp³-hybridized carbons (Fsp3) is 0.